The molecule has 0 saturated carbocycles. The largest absolute Gasteiger partial charge is 0.325 e. The van der Waals surface area contributed by atoms with Gasteiger partial charge in [0.15, 0.2) is 5.16 Å². The van der Waals surface area contributed by atoms with Crippen LogP contribution >= 0.6 is 11.8 Å². The number of nitrogens with zero attached hydrogens (tertiary/aromatic N) is 2. The van der Waals surface area contributed by atoms with Crippen LogP contribution in [0.25, 0.3) is 16.6 Å². The van der Waals surface area contributed by atoms with E-state index in [1.807, 2.05) is 6.07 Å². The van der Waals surface area contributed by atoms with Gasteiger partial charge in [-0.1, -0.05) is 42.1 Å². The van der Waals surface area contributed by atoms with Gasteiger partial charge in [-0.05, 0) is 43.3 Å². The third kappa shape index (κ3) is 4.34. The molecule has 0 radical (unpaired) electrons. The third-order valence-corrected chi connectivity index (χ3v) is 5.64. The molecule has 0 aliphatic rings. The molecule has 0 aliphatic heterocycles. The molecule has 3 aromatic carbocycles. The molecule has 0 fully saturated rings. The summed E-state index contributed by atoms with van der Waals surface area (Å²) in [6.45, 7) is 1.66. The van der Waals surface area contributed by atoms with Gasteiger partial charge in [0, 0.05) is 11.8 Å². The zero-order valence-corrected chi connectivity index (χ0v) is 17.2. The molecule has 31 heavy (non-hydrogen) atoms. The summed E-state index contributed by atoms with van der Waals surface area (Å²) in [6, 6.07) is 18.6. The minimum atomic E-state index is -0.901. The predicted octanol–water partition coefficient (Wildman–Crippen LogP) is 4.78. The smallest absolute Gasteiger partial charge is 0.266 e. The van der Waals surface area contributed by atoms with Crippen molar-refractivity contribution in [1.29, 1.82) is 0 Å². The van der Waals surface area contributed by atoms with Crippen LogP contribution in [0.3, 0.4) is 0 Å². The fourth-order valence-electron chi connectivity index (χ4n) is 3.04. The number of hydrogen-bond acceptors (Lipinski definition) is 4. The van der Waals surface area contributed by atoms with E-state index in [-0.39, 0.29) is 22.1 Å². The average molecular weight is 437 g/mol. The van der Waals surface area contributed by atoms with Crippen LogP contribution in [0.5, 0.6) is 0 Å². The molecule has 5 nitrogen and oxygen atoms in total. The number of benzene rings is 3. The molecule has 0 aliphatic carbocycles. The zero-order chi connectivity index (χ0) is 22.0. The lowest BCUT2D eigenvalue weighted by molar-refractivity contribution is -0.115. The Morgan fingerprint density at radius 2 is 1.74 bits per heavy atom. The second kappa shape index (κ2) is 8.69. The summed E-state index contributed by atoms with van der Waals surface area (Å²) in [5, 5.41) is 2.56. The van der Waals surface area contributed by atoms with E-state index in [2.05, 4.69) is 10.3 Å². The first kappa shape index (κ1) is 20.7. The highest BCUT2D eigenvalue weighted by atomic mass is 32.2. The van der Waals surface area contributed by atoms with Gasteiger partial charge in [0.25, 0.3) is 5.56 Å². The van der Waals surface area contributed by atoms with Gasteiger partial charge < -0.3 is 5.32 Å². The monoisotopic (exact) mass is 437 g/mol. The van der Waals surface area contributed by atoms with E-state index < -0.39 is 22.4 Å². The summed E-state index contributed by atoms with van der Waals surface area (Å²) in [7, 11) is 0. The van der Waals surface area contributed by atoms with Crippen molar-refractivity contribution in [3.05, 3.63) is 94.8 Å². The fourth-order valence-corrected chi connectivity index (χ4v) is 3.96. The molecule has 0 bridgehead atoms. The first-order chi connectivity index (χ1) is 14.9. The number of amides is 1. The summed E-state index contributed by atoms with van der Waals surface area (Å²) >= 11 is 1.01. The Kier molecular flexibility index (Phi) is 5.81. The number of rotatable bonds is 5. The van der Waals surface area contributed by atoms with Crippen LogP contribution < -0.4 is 10.9 Å². The standard InChI is InChI=1S/C23H17F2N3O2S/c1-14(21(29)26-16-7-3-2-4-8-16)31-23-27-19-10-6-5-9-17(19)22(30)28(23)20-12-11-15(24)13-18(20)25/h2-14H,1H3,(H,26,29). The summed E-state index contributed by atoms with van der Waals surface area (Å²) in [4.78, 5) is 30.3. The van der Waals surface area contributed by atoms with Gasteiger partial charge in [0.05, 0.1) is 21.8 Å². The van der Waals surface area contributed by atoms with E-state index in [9.17, 15) is 18.4 Å². The van der Waals surface area contributed by atoms with Crippen LogP contribution in [0.15, 0.2) is 82.7 Å². The van der Waals surface area contributed by atoms with Crippen LogP contribution in [-0.4, -0.2) is 20.7 Å². The second-order valence-corrected chi connectivity index (χ2v) is 8.07. The second-order valence-electron chi connectivity index (χ2n) is 6.76. The van der Waals surface area contributed by atoms with Crippen molar-refractivity contribution in [3.63, 3.8) is 0 Å². The van der Waals surface area contributed by atoms with E-state index in [1.54, 1.807) is 55.5 Å². The Hall–Kier alpha value is -3.52. The lowest BCUT2D eigenvalue weighted by Gasteiger charge is -2.17. The van der Waals surface area contributed by atoms with Crippen LogP contribution in [0, 0.1) is 11.6 Å². The number of hydrogen-bond donors (Lipinski definition) is 1. The summed E-state index contributed by atoms with van der Waals surface area (Å²) in [5.74, 6) is -1.96. The van der Waals surface area contributed by atoms with E-state index >= 15 is 0 Å². The van der Waals surface area contributed by atoms with E-state index in [4.69, 9.17) is 0 Å². The summed E-state index contributed by atoms with van der Waals surface area (Å²) in [6.07, 6.45) is 0. The highest BCUT2D eigenvalue weighted by Gasteiger charge is 2.22. The first-order valence-electron chi connectivity index (χ1n) is 9.44. The number of fused-ring (bicyclic) bond motifs is 1. The Balaban J connectivity index is 1.77. The van der Waals surface area contributed by atoms with Crippen molar-refractivity contribution >= 4 is 34.3 Å². The van der Waals surface area contributed by atoms with Crippen LogP contribution in [0.2, 0.25) is 0 Å². The number of thioether (sulfide) groups is 1. The average Bonchev–Trinajstić information content (AvgIpc) is 2.75. The van der Waals surface area contributed by atoms with Crippen molar-refractivity contribution in [3.8, 4) is 5.69 Å². The maximum Gasteiger partial charge on any atom is 0.266 e. The van der Waals surface area contributed by atoms with Gasteiger partial charge >= 0.3 is 0 Å². The van der Waals surface area contributed by atoms with Gasteiger partial charge in [-0.2, -0.15) is 0 Å². The Labute approximate surface area is 180 Å². The highest BCUT2D eigenvalue weighted by molar-refractivity contribution is 8.00. The minimum absolute atomic E-state index is 0.130. The lowest BCUT2D eigenvalue weighted by atomic mass is 10.2. The van der Waals surface area contributed by atoms with Crippen molar-refractivity contribution in [2.45, 2.75) is 17.3 Å². The van der Waals surface area contributed by atoms with Crippen molar-refractivity contribution < 1.29 is 13.6 Å². The summed E-state index contributed by atoms with van der Waals surface area (Å²) in [5.41, 5.74) is 0.412. The molecule has 156 valence electrons. The maximum absolute atomic E-state index is 14.6. The maximum atomic E-state index is 14.6. The number of carbonyl (C=O) groups excluding carboxylic acids is 1. The van der Waals surface area contributed by atoms with Gasteiger partial charge in [-0.25, -0.2) is 13.8 Å². The topological polar surface area (TPSA) is 64.0 Å². The van der Waals surface area contributed by atoms with Gasteiger partial charge in [-0.3, -0.25) is 14.2 Å². The molecule has 0 saturated heterocycles. The molecule has 1 atom stereocenters. The first-order valence-corrected chi connectivity index (χ1v) is 10.3. The molecule has 1 unspecified atom stereocenters. The lowest BCUT2D eigenvalue weighted by Crippen LogP contribution is -2.26. The SMILES string of the molecule is CC(Sc1nc2ccccc2c(=O)n1-c1ccc(F)cc1F)C(=O)Nc1ccccc1. The fraction of sp³-hybridized carbons (Fsp3) is 0.0870. The number of halogens is 2. The van der Waals surface area contributed by atoms with Crippen LogP contribution in [0.4, 0.5) is 14.5 Å². The van der Waals surface area contributed by atoms with E-state index in [0.717, 1.165) is 22.4 Å². The van der Waals surface area contributed by atoms with Gasteiger partial charge in [0.1, 0.15) is 11.6 Å². The molecule has 4 rings (SSSR count). The zero-order valence-electron chi connectivity index (χ0n) is 16.4. The molecule has 4 aromatic rings. The van der Waals surface area contributed by atoms with Gasteiger partial charge in [-0.15, -0.1) is 0 Å². The molecular formula is C23H17F2N3O2S. The van der Waals surface area contributed by atoms with Crippen LogP contribution in [0.1, 0.15) is 6.92 Å². The Morgan fingerprint density at radius 3 is 2.48 bits per heavy atom. The summed E-state index contributed by atoms with van der Waals surface area (Å²) < 4.78 is 29.1. The minimum Gasteiger partial charge on any atom is -0.325 e. The number of carbonyl (C=O) groups is 1. The molecular weight excluding hydrogens is 420 g/mol. The van der Waals surface area contributed by atoms with Crippen LogP contribution in [-0.2, 0) is 4.79 Å². The molecule has 1 N–H and O–H groups in total. The highest BCUT2D eigenvalue weighted by Crippen LogP contribution is 2.27. The molecule has 0 spiro atoms. The quantitative estimate of drug-likeness (QED) is 0.360. The molecule has 1 amide bonds. The third-order valence-electron chi connectivity index (χ3n) is 4.59. The number of nitrogens with one attached hydrogen (secondary N) is 1. The van der Waals surface area contributed by atoms with E-state index in [0.29, 0.717) is 17.3 Å². The molecule has 1 aromatic heterocycles. The molecule has 8 heteroatoms. The van der Waals surface area contributed by atoms with Crippen molar-refractivity contribution in [1.82, 2.24) is 9.55 Å². The molecule has 1 heterocycles. The van der Waals surface area contributed by atoms with E-state index in [1.165, 1.54) is 6.07 Å². The van der Waals surface area contributed by atoms with Crippen molar-refractivity contribution in [2.24, 2.45) is 0 Å². The predicted molar refractivity (Wildman–Crippen MR) is 118 cm³/mol. The Morgan fingerprint density at radius 1 is 1.03 bits per heavy atom. The number of para-hydroxylation sites is 2. The number of aromatic nitrogens is 2. The Bertz CT molecular complexity index is 1330. The number of anilines is 1. The van der Waals surface area contributed by atoms with Gasteiger partial charge in [0.2, 0.25) is 5.91 Å². The normalized spacial score (nSPS) is 12.0. The van der Waals surface area contributed by atoms with Crippen molar-refractivity contribution in [2.75, 3.05) is 5.32 Å².